The van der Waals surface area contributed by atoms with Crippen LogP contribution < -0.4 is 5.32 Å². The molecule has 114 valence electrons. The molecule has 4 nitrogen and oxygen atoms in total. The van der Waals surface area contributed by atoms with Crippen LogP contribution in [0, 0.1) is 11.3 Å². The number of hydrogen-bond acceptors (Lipinski definition) is 3. The van der Waals surface area contributed by atoms with Crippen LogP contribution in [0.5, 0.6) is 0 Å². The molecule has 5 heteroatoms. The molecule has 1 aliphatic rings. The highest BCUT2D eigenvalue weighted by atomic mass is 79.9. The topological polar surface area (TPSA) is 39.1 Å². The minimum Gasteiger partial charge on any atom is -0.377 e. The van der Waals surface area contributed by atoms with Gasteiger partial charge < -0.3 is 10.1 Å². The van der Waals surface area contributed by atoms with Crippen LogP contribution in [-0.2, 0) is 11.3 Å². The van der Waals surface area contributed by atoms with E-state index in [9.17, 15) is 0 Å². The maximum absolute atomic E-state index is 5.92. The molecule has 2 rings (SSSR count). The minimum atomic E-state index is 0.221. The molecule has 0 amide bonds. The van der Waals surface area contributed by atoms with Gasteiger partial charge in [0, 0.05) is 31.3 Å². The average Bonchev–Trinajstić information content (AvgIpc) is 2.94. The summed E-state index contributed by atoms with van der Waals surface area (Å²) in [6.07, 6.45) is 5.36. The van der Waals surface area contributed by atoms with Crippen molar-refractivity contribution in [3.05, 3.63) is 16.9 Å². The van der Waals surface area contributed by atoms with Crippen LogP contribution in [0.3, 0.4) is 0 Å². The van der Waals surface area contributed by atoms with Crippen LogP contribution in [0.25, 0.3) is 0 Å². The third kappa shape index (κ3) is 4.30. The second-order valence-corrected chi connectivity index (χ2v) is 7.81. The highest BCUT2D eigenvalue weighted by Gasteiger charge is 2.36. The normalized spacial score (nSPS) is 25.1. The number of nitrogens with zero attached hydrogens (tertiary/aromatic N) is 2. The molecule has 3 atom stereocenters. The standard InChI is InChI=1S/C15H26BrN3O/c1-11(9-19-10-13(16)8-18-19)17-7-12-5-6-20-14(12)15(2,3)4/h8,10-12,14,17H,5-7,9H2,1-4H3/t11-,12-,14+/m1/s1. The van der Waals surface area contributed by atoms with Gasteiger partial charge >= 0.3 is 0 Å². The Kier molecular flexibility index (Phi) is 5.26. The molecule has 1 aliphatic heterocycles. The Bertz CT molecular complexity index is 427. The molecule has 1 saturated heterocycles. The van der Waals surface area contributed by atoms with Crippen LogP contribution in [-0.4, -0.2) is 35.1 Å². The summed E-state index contributed by atoms with van der Waals surface area (Å²) in [7, 11) is 0. The van der Waals surface area contributed by atoms with Crippen LogP contribution in [0.4, 0.5) is 0 Å². The molecular formula is C15H26BrN3O. The zero-order chi connectivity index (χ0) is 14.8. The molecule has 20 heavy (non-hydrogen) atoms. The predicted octanol–water partition coefficient (Wildman–Crippen LogP) is 3.07. The Balaban J connectivity index is 1.79. The van der Waals surface area contributed by atoms with E-state index in [1.165, 1.54) is 0 Å². The van der Waals surface area contributed by atoms with Crippen molar-refractivity contribution in [1.29, 1.82) is 0 Å². The lowest BCUT2D eigenvalue weighted by molar-refractivity contribution is 0.00678. The summed E-state index contributed by atoms with van der Waals surface area (Å²) >= 11 is 3.42. The van der Waals surface area contributed by atoms with Gasteiger partial charge in [-0.1, -0.05) is 20.8 Å². The monoisotopic (exact) mass is 343 g/mol. The molecule has 1 fully saturated rings. The molecule has 1 aromatic rings. The van der Waals surface area contributed by atoms with Crippen molar-refractivity contribution < 1.29 is 4.74 Å². The van der Waals surface area contributed by atoms with Gasteiger partial charge in [-0.3, -0.25) is 4.68 Å². The smallest absolute Gasteiger partial charge is 0.0664 e. The van der Waals surface area contributed by atoms with Crippen LogP contribution in [0.1, 0.15) is 34.1 Å². The first kappa shape index (κ1) is 16.0. The van der Waals surface area contributed by atoms with Gasteiger partial charge in [0.15, 0.2) is 0 Å². The molecule has 0 bridgehead atoms. The number of nitrogens with one attached hydrogen (secondary N) is 1. The molecule has 0 radical (unpaired) electrons. The van der Waals surface area contributed by atoms with E-state index in [-0.39, 0.29) is 5.41 Å². The zero-order valence-corrected chi connectivity index (χ0v) is 14.5. The average molecular weight is 344 g/mol. The maximum Gasteiger partial charge on any atom is 0.0664 e. The lowest BCUT2D eigenvalue weighted by Gasteiger charge is -2.31. The summed E-state index contributed by atoms with van der Waals surface area (Å²) in [6.45, 7) is 11.8. The van der Waals surface area contributed by atoms with Crippen molar-refractivity contribution in [2.45, 2.75) is 52.8 Å². The third-order valence-corrected chi connectivity index (χ3v) is 4.27. The zero-order valence-electron chi connectivity index (χ0n) is 12.9. The summed E-state index contributed by atoms with van der Waals surface area (Å²) < 4.78 is 8.92. The first-order chi connectivity index (χ1) is 9.36. The van der Waals surface area contributed by atoms with Gasteiger partial charge in [-0.2, -0.15) is 5.10 Å². The Morgan fingerprint density at radius 3 is 2.90 bits per heavy atom. The predicted molar refractivity (Wildman–Crippen MR) is 84.7 cm³/mol. The molecule has 1 N–H and O–H groups in total. The third-order valence-electron chi connectivity index (χ3n) is 3.86. The quantitative estimate of drug-likeness (QED) is 0.892. The highest BCUT2D eigenvalue weighted by Crippen LogP contribution is 2.34. The van der Waals surface area contributed by atoms with Gasteiger partial charge in [-0.05, 0) is 34.7 Å². The van der Waals surface area contributed by atoms with Crippen molar-refractivity contribution in [3.63, 3.8) is 0 Å². The Morgan fingerprint density at radius 2 is 2.30 bits per heavy atom. The summed E-state index contributed by atoms with van der Waals surface area (Å²) in [6, 6.07) is 0.406. The lowest BCUT2D eigenvalue weighted by atomic mass is 9.81. The molecule has 0 aromatic carbocycles. The second kappa shape index (κ2) is 6.58. The second-order valence-electron chi connectivity index (χ2n) is 6.90. The minimum absolute atomic E-state index is 0.221. The van der Waals surface area contributed by atoms with E-state index < -0.39 is 0 Å². The largest absolute Gasteiger partial charge is 0.377 e. The van der Waals surface area contributed by atoms with Crippen molar-refractivity contribution in [1.82, 2.24) is 15.1 Å². The van der Waals surface area contributed by atoms with Crippen LogP contribution in [0.15, 0.2) is 16.9 Å². The fourth-order valence-corrected chi connectivity index (χ4v) is 3.26. The van der Waals surface area contributed by atoms with E-state index in [0.29, 0.717) is 18.1 Å². The summed E-state index contributed by atoms with van der Waals surface area (Å²) in [5.74, 6) is 0.613. The Labute approximate surface area is 130 Å². The first-order valence-corrected chi connectivity index (χ1v) is 8.18. The number of hydrogen-bond donors (Lipinski definition) is 1. The Hall–Kier alpha value is -0.390. The van der Waals surface area contributed by atoms with Gasteiger partial charge in [0.2, 0.25) is 0 Å². The number of ether oxygens (including phenoxy) is 1. The van der Waals surface area contributed by atoms with Crippen molar-refractivity contribution in [2.24, 2.45) is 11.3 Å². The fraction of sp³-hybridized carbons (Fsp3) is 0.800. The van der Waals surface area contributed by atoms with Crippen molar-refractivity contribution in [2.75, 3.05) is 13.2 Å². The van der Waals surface area contributed by atoms with E-state index in [1.54, 1.807) is 0 Å². The molecule has 2 heterocycles. The number of aromatic nitrogens is 2. The van der Waals surface area contributed by atoms with Crippen molar-refractivity contribution >= 4 is 15.9 Å². The molecule has 0 unspecified atom stereocenters. The lowest BCUT2D eigenvalue weighted by Crippen LogP contribution is -2.40. The SMILES string of the molecule is C[C@H](Cn1cc(Br)cn1)NC[C@H]1CCO[C@@H]1C(C)(C)C. The van der Waals surface area contributed by atoms with Gasteiger partial charge in [0.05, 0.1) is 23.3 Å². The molecule has 0 saturated carbocycles. The highest BCUT2D eigenvalue weighted by molar-refractivity contribution is 9.10. The number of rotatable bonds is 5. The maximum atomic E-state index is 5.92. The van der Waals surface area contributed by atoms with Gasteiger partial charge in [0.25, 0.3) is 0 Å². The van der Waals surface area contributed by atoms with E-state index in [2.05, 4.69) is 54.0 Å². The van der Waals surface area contributed by atoms with E-state index in [0.717, 1.165) is 30.6 Å². The number of halogens is 1. The van der Waals surface area contributed by atoms with E-state index in [4.69, 9.17) is 4.74 Å². The van der Waals surface area contributed by atoms with Crippen molar-refractivity contribution in [3.8, 4) is 0 Å². The van der Waals surface area contributed by atoms with E-state index >= 15 is 0 Å². The molecular weight excluding hydrogens is 318 g/mol. The molecule has 0 spiro atoms. The first-order valence-electron chi connectivity index (χ1n) is 7.39. The van der Waals surface area contributed by atoms with Gasteiger partial charge in [-0.15, -0.1) is 0 Å². The summed E-state index contributed by atoms with van der Waals surface area (Å²) in [5.41, 5.74) is 0.221. The van der Waals surface area contributed by atoms with Gasteiger partial charge in [0.1, 0.15) is 0 Å². The van der Waals surface area contributed by atoms with Crippen LogP contribution in [0.2, 0.25) is 0 Å². The molecule has 1 aromatic heterocycles. The summed E-state index contributed by atoms with van der Waals surface area (Å²) in [4.78, 5) is 0. The summed E-state index contributed by atoms with van der Waals surface area (Å²) in [5, 5.41) is 7.92. The van der Waals surface area contributed by atoms with Crippen LogP contribution >= 0.6 is 15.9 Å². The Morgan fingerprint density at radius 1 is 1.55 bits per heavy atom. The van der Waals surface area contributed by atoms with Gasteiger partial charge in [-0.25, -0.2) is 0 Å². The van der Waals surface area contributed by atoms with E-state index in [1.807, 2.05) is 17.1 Å². The molecule has 0 aliphatic carbocycles. The fourth-order valence-electron chi connectivity index (χ4n) is 2.94.